The highest BCUT2D eigenvalue weighted by atomic mass is 32.1. The van der Waals surface area contributed by atoms with E-state index < -0.39 is 0 Å². The van der Waals surface area contributed by atoms with Crippen molar-refractivity contribution in [1.82, 2.24) is 9.88 Å². The van der Waals surface area contributed by atoms with E-state index in [0.29, 0.717) is 6.42 Å². The predicted octanol–water partition coefficient (Wildman–Crippen LogP) is 2.85. The second-order valence-electron chi connectivity index (χ2n) is 4.33. The van der Waals surface area contributed by atoms with Crippen LogP contribution in [0.2, 0.25) is 0 Å². The summed E-state index contributed by atoms with van der Waals surface area (Å²) in [6, 6.07) is 5.76. The summed E-state index contributed by atoms with van der Waals surface area (Å²) in [7, 11) is 3.90. The van der Waals surface area contributed by atoms with Crippen LogP contribution in [0.3, 0.4) is 0 Å². The standard InChI is InChI=1S/C12H15N3OS2/c1-15(2)6-5-11(16)13-8-3-4-9-10(7-8)18-12(17)14-9/h3-4,7H,5-6H2,1-2H3,(H,13,16)(H,14,17). The second-order valence-corrected chi connectivity index (χ2v) is 6.05. The lowest BCUT2D eigenvalue weighted by Gasteiger charge is -2.09. The molecular formula is C12H15N3OS2. The summed E-state index contributed by atoms with van der Waals surface area (Å²) >= 11 is 6.60. The zero-order valence-electron chi connectivity index (χ0n) is 10.3. The van der Waals surface area contributed by atoms with Gasteiger partial charge in [-0.3, -0.25) is 4.79 Å². The van der Waals surface area contributed by atoms with Crippen LogP contribution in [0, 0.1) is 3.95 Å². The van der Waals surface area contributed by atoms with E-state index >= 15 is 0 Å². The Morgan fingerprint density at radius 3 is 3.00 bits per heavy atom. The minimum atomic E-state index is 0.0298. The van der Waals surface area contributed by atoms with Gasteiger partial charge in [-0.1, -0.05) is 0 Å². The normalized spacial score (nSPS) is 11.1. The van der Waals surface area contributed by atoms with Gasteiger partial charge in [-0.05, 0) is 44.5 Å². The van der Waals surface area contributed by atoms with Crippen LogP contribution >= 0.6 is 23.6 Å². The van der Waals surface area contributed by atoms with Gasteiger partial charge in [0.25, 0.3) is 0 Å². The average Bonchev–Trinajstić information content (AvgIpc) is 2.66. The quantitative estimate of drug-likeness (QED) is 0.847. The maximum absolute atomic E-state index is 11.7. The molecule has 1 aromatic heterocycles. The molecule has 0 fully saturated rings. The molecule has 18 heavy (non-hydrogen) atoms. The maximum atomic E-state index is 11.7. The molecule has 1 amide bonds. The Balaban J connectivity index is 2.07. The smallest absolute Gasteiger partial charge is 0.225 e. The molecule has 2 rings (SSSR count). The van der Waals surface area contributed by atoms with Gasteiger partial charge >= 0.3 is 0 Å². The van der Waals surface area contributed by atoms with E-state index in [-0.39, 0.29) is 5.91 Å². The van der Waals surface area contributed by atoms with E-state index in [2.05, 4.69) is 10.3 Å². The third-order valence-electron chi connectivity index (χ3n) is 2.49. The van der Waals surface area contributed by atoms with E-state index in [9.17, 15) is 4.79 Å². The number of rotatable bonds is 4. The van der Waals surface area contributed by atoms with Crippen LogP contribution < -0.4 is 5.32 Å². The number of carbonyl (C=O) groups is 1. The van der Waals surface area contributed by atoms with Crippen molar-refractivity contribution in [2.45, 2.75) is 6.42 Å². The molecule has 0 spiro atoms. The van der Waals surface area contributed by atoms with Crippen molar-refractivity contribution in [2.24, 2.45) is 0 Å². The number of aromatic amines is 1. The maximum Gasteiger partial charge on any atom is 0.225 e. The summed E-state index contributed by atoms with van der Waals surface area (Å²) in [5.74, 6) is 0.0298. The van der Waals surface area contributed by atoms with Gasteiger partial charge in [-0.15, -0.1) is 11.3 Å². The van der Waals surface area contributed by atoms with Gasteiger partial charge in [-0.2, -0.15) is 0 Å². The van der Waals surface area contributed by atoms with Crippen LogP contribution in [0.15, 0.2) is 18.2 Å². The molecule has 0 unspecified atom stereocenters. The Morgan fingerprint density at radius 1 is 1.50 bits per heavy atom. The molecule has 1 heterocycles. The van der Waals surface area contributed by atoms with E-state index in [1.807, 2.05) is 37.2 Å². The first kappa shape index (κ1) is 13.2. The Kier molecular flexibility index (Phi) is 4.11. The molecule has 0 atom stereocenters. The fourth-order valence-electron chi connectivity index (χ4n) is 1.57. The largest absolute Gasteiger partial charge is 0.337 e. The van der Waals surface area contributed by atoms with Gasteiger partial charge in [0, 0.05) is 18.7 Å². The number of nitrogens with one attached hydrogen (secondary N) is 2. The second kappa shape index (κ2) is 5.60. The number of thiazole rings is 1. The monoisotopic (exact) mass is 281 g/mol. The van der Waals surface area contributed by atoms with E-state index in [4.69, 9.17) is 12.2 Å². The van der Waals surface area contributed by atoms with E-state index in [0.717, 1.165) is 26.4 Å². The third-order valence-corrected chi connectivity index (χ3v) is 3.69. The molecule has 6 heteroatoms. The summed E-state index contributed by atoms with van der Waals surface area (Å²) in [6.45, 7) is 0.747. The lowest BCUT2D eigenvalue weighted by atomic mass is 10.3. The minimum absolute atomic E-state index is 0.0298. The van der Waals surface area contributed by atoms with Crippen molar-refractivity contribution in [1.29, 1.82) is 0 Å². The summed E-state index contributed by atoms with van der Waals surface area (Å²) in [5.41, 5.74) is 1.83. The number of anilines is 1. The lowest BCUT2D eigenvalue weighted by molar-refractivity contribution is -0.116. The minimum Gasteiger partial charge on any atom is -0.337 e. The van der Waals surface area contributed by atoms with Crippen molar-refractivity contribution in [3.8, 4) is 0 Å². The van der Waals surface area contributed by atoms with Gasteiger partial charge in [0.15, 0.2) is 3.95 Å². The highest BCUT2D eigenvalue weighted by molar-refractivity contribution is 7.73. The fourth-order valence-corrected chi connectivity index (χ4v) is 2.73. The summed E-state index contributed by atoms with van der Waals surface area (Å²) < 4.78 is 1.81. The zero-order chi connectivity index (χ0) is 13.1. The van der Waals surface area contributed by atoms with Gasteiger partial charge in [0.2, 0.25) is 5.91 Å². The Labute approximate surface area is 115 Å². The number of carbonyl (C=O) groups excluding carboxylic acids is 1. The first-order chi connectivity index (χ1) is 8.54. The lowest BCUT2D eigenvalue weighted by Crippen LogP contribution is -2.20. The molecule has 4 nitrogen and oxygen atoms in total. The van der Waals surface area contributed by atoms with E-state index in [1.54, 1.807) is 0 Å². The van der Waals surface area contributed by atoms with Gasteiger partial charge in [0.05, 0.1) is 10.2 Å². The topological polar surface area (TPSA) is 48.1 Å². The van der Waals surface area contributed by atoms with Crippen LogP contribution in [0.25, 0.3) is 10.2 Å². The number of fused-ring (bicyclic) bond motifs is 1. The number of hydrogen-bond donors (Lipinski definition) is 2. The number of amides is 1. The molecule has 1 aromatic carbocycles. The molecule has 2 aromatic rings. The van der Waals surface area contributed by atoms with Crippen LogP contribution in [-0.4, -0.2) is 36.4 Å². The van der Waals surface area contributed by atoms with E-state index in [1.165, 1.54) is 11.3 Å². The summed E-state index contributed by atoms with van der Waals surface area (Å²) in [6.07, 6.45) is 0.494. The van der Waals surface area contributed by atoms with Gasteiger partial charge in [-0.25, -0.2) is 0 Å². The molecule has 0 saturated heterocycles. The number of hydrogen-bond acceptors (Lipinski definition) is 4. The van der Waals surface area contributed by atoms with Crippen molar-refractivity contribution >= 4 is 45.4 Å². The van der Waals surface area contributed by atoms with Gasteiger partial charge < -0.3 is 15.2 Å². The Hall–Kier alpha value is -1.24. The first-order valence-corrected chi connectivity index (χ1v) is 6.84. The molecule has 0 bridgehead atoms. The Bertz CT molecular complexity index is 615. The molecule has 0 aliphatic rings. The summed E-state index contributed by atoms with van der Waals surface area (Å²) in [4.78, 5) is 16.8. The first-order valence-electron chi connectivity index (χ1n) is 5.62. The molecular weight excluding hydrogens is 266 g/mol. The average molecular weight is 281 g/mol. The fraction of sp³-hybridized carbons (Fsp3) is 0.333. The van der Waals surface area contributed by atoms with Crippen molar-refractivity contribution in [3.63, 3.8) is 0 Å². The number of H-pyrrole nitrogens is 1. The SMILES string of the molecule is CN(C)CCC(=O)Nc1ccc2[nH]c(=S)sc2c1. The van der Waals surface area contributed by atoms with Crippen molar-refractivity contribution in [2.75, 3.05) is 26.0 Å². The number of benzene rings is 1. The van der Waals surface area contributed by atoms with Crippen LogP contribution in [0.5, 0.6) is 0 Å². The molecule has 0 saturated carbocycles. The number of aromatic nitrogens is 1. The van der Waals surface area contributed by atoms with Crippen molar-refractivity contribution < 1.29 is 4.79 Å². The van der Waals surface area contributed by atoms with Gasteiger partial charge in [0.1, 0.15) is 0 Å². The molecule has 96 valence electrons. The van der Waals surface area contributed by atoms with Crippen LogP contribution in [-0.2, 0) is 4.79 Å². The highest BCUT2D eigenvalue weighted by Gasteiger charge is 2.04. The molecule has 0 radical (unpaired) electrons. The molecule has 2 N–H and O–H groups in total. The molecule has 0 aliphatic heterocycles. The predicted molar refractivity (Wildman–Crippen MR) is 78.8 cm³/mol. The zero-order valence-corrected chi connectivity index (χ0v) is 12.0. The Morgan fingerprint density at radius 2 is 2.28 bits per heavy atom. The molecule has 0 aliphatic carbocycles. The van der Waals surface area contributed by atoms with Crippen LogP contribution in [0.1, 0.15) is 6.42 Å². The highest BCUT2D eigenvalue weighted by Crippen LogP contribution is 2.23. The summed E-state index contributed by atoms with van der Waals surface area (Å²) in [5, 5.41) is 2.89. The van der Waals surface area contributed by atoms with Crippen molar-refractivity contribution in [3.05, 3.63) is 22.2 Å². The number of nitrogens with zero attached hydrogens (tertiary/aromatic N) is 1. The van der Waals surface area contributed by atoms with Crippen LogP contribution in [0.4, 0.5) is 5.69 Å². The third kappa shape index (κ3) is 3.38.